The Morgan fingerprint density at radius 1 is 1.04 bits per heavy atom. The molecule has 0 unspecified atom stereocenters. The van der Waals surface area contributed by atoms with E-state index in [9.17, 15) is 14.4 Å². The van der Waals surface area contributed by atoms with Gasteiger partial charge in [-0.15, -0.1) is 0 Å². The fourth-order valence-corrected chi connectivity index (χ4v) is 2.48. The second-order valence-corrected chi connectivity index (χ2v) is 6.28. The minimum absolute atomic E-state index is 0.0144. The predicted octanol–water partition coefficient (Wildman–Crippen LogP) is 1.45. The minimum atomic E-state index is -0.909. The van der Waals surface area contributed by atoms with Crippen LogP contribution in [0.15, 0.2) is 42.5 Å². The standard InChI is InChI=1S/C20H20N2O6/c1-12-7-8-14(9-13(12)2)20(25)27-11-18(23)21-22-19(24)17-10-26-15-5-3-4-6-16(15)28-17/h3-9,17H,10-11H2,1-2H3,(H,21,23)(H,22,24)/t17-/m1/s1. The molecule has 0 fully saturated rings. The van der Waals surface area contributed by atoms with E-state index in [2.05, 4.69) is 10.9 Å². The summed E-state index contributed by atoms with van der Waals surface area (Å²) in [6.07, 6.45) is -0.909. The van der Waals surface area contributed by atoms with E-state index >= 15 is 0 Å². The number of hydrogen-bond donors (Lipinski definition) is 2. The molecule has 0 aliphatic carbocycles. The van der Waals surface area contributed by atoms with Gasteiger partial charge in [0, 0.05) is 0 Å². The SMILES string of the molecule is Cc1ccc(C(=O)OCC(=O)NNC(=O)[C@H]2COc3ccccc3O2)cc1C. The van der Waals surface area contributed by atoms with Crippen molar-refractivity contribution in [2.75, 3.05) is 13.2 Å². The molecule has 0 aromatic heterocycles. The predicted molar refractivity (Wildman–Crippen MR) is 98.8 cm³/mol. The number of aryl methyl sites for hydroxylation is 2. The number of carbonyl (C=O) groups is 3. The van der Waals surface area contributed by atoms with Crippen LogP contribution in [0.1, 0.15) is 21.5 Å². The highest BCUT2D eigenvalue weighted by atomic mass is 16.6. The number of carbonyl (C=O) groups excluding carboxylic acids is 3. The van der Waals surface area contributed by atoms with Crippen molar-refractivity contribution in [1.82, 2.24) is 10.9 Å². The molecule has 1 atom stereocenters. The van der Waals surface area contributed by atoms with Crippen LogP contribution < -0.4 is 20.3 Å². The fraction of sp³-hybridized carbons (Fsp3) is 0.250. The maximum atomic E-state index is 12.1. The first kappa shape index (κ1) is 19.2. The van der Waals surface area contributed by atoms with Crippen molar-refractivity contribution < 1.29 is 28.6 Å². The van der Waals surface area contributed by atoms with Gasteiger partial charge in [0.1, 0.15) is 6.61 Å². The number of hydrogen-bond acceptors (Lipinski definition) is 6. The molecule has 2 aromatic carbocycles. The lowest BCUT2D eigenvalue weighted by molar-refractivity contribution is -0.135. The lowest BCUT2D eigenvalue weighted by atomic mass is 10.1. The van der Waals surface area contributed by atoms with Gasteiger partial charge in [0.25, 0.3) is 11.8 Å². The summed E-state index contributed by atoms with van der Waals surface area (Å²) in [7, 11) is 0. The number of benzene rings is 2. The monoisotopic (exact) mass is 384 g/mol. The van der Waals surface area contributed by atoms with E-state index in [-0.39, 0.29) is 6.61 Å². The summed E-state index contributed by atoms with van der Waals surface area (Å²) in [6.45, 7) is 3.29. The van der Waals surface area contributed by atoms with E-state index in [1.165, 1.54) is 0 Å². The molecule has 0 saturated carbocycles. The molecule has 1 aliphatic heterocycles. The summed E-state index contributed by atoms with van der Waals surface area (Å²) >= 11 is 0. The molecule has 0 saturated heterocycles. The maximum absolute atomic E-state index is 12.1. The summed E-state index contributed by atoms with van der Waals surface area (Å²) < 4.78 is 15.9. The van der Waals surface area contributed by atoms with Gasteiger partial charge in [0.2, 0.25) is 6.10 Å². The van der Waals surface area contributed by atoms with Crippen molar-refractivity contribution in [1.29, 1.82) is 0 Å². The Morgan fingerprint density at radius 3 is 2.54 bits per heavy atom. The van der Waals surface area contributed by atoms with Crippen molar-refractivity contribution in [2.45, 2.75) is 20.0 Å². The summed E-state index contributed by atoms with van der Waals surface area (Å²) in [4.78, 5) is 35.9. The van der Waals surface area contributed by atoms with Gasteiger partial charge in [-0.3, -0.25) is 20.4 Å². The topological polar surface area (TPSA) is 103 Å². The Labute approximate surface area is 161 Å². The van der Waals surface area contributed by atoms with Crippen LogP contribution in [0.2, 0.25) is 0 Å². The van der Waals surface area contributed by atoms with Crippen LogP contribution in [0.25, 0.3) is 0 Å². The van der Waals surface area contributed by atoms with Crippen molar-refractivity contribution in [3.63, 3.8) is 0 Å². The highest BCUT2D eigenvalue weighted by molar-refractivity contribution is 5.92. The third kappa shape index (κ3) is 4.59. The fourth-order valence-electron chi connectivity index (χ4n) is 2.48. The number of esters is 1. The van der Waals surface area contributed by atoms with E-state index in [0.29, 0.717) is 17.1 Å². The molecular weight excluding hydrogens is 364 g/mol. The summed E-state index contributed by atoms with van der Waals surface area (Å²) in [5.41, 5.74) is 6.76. The van der Waals surface area contributed by atoms with E-state index in [4.69, 9.17) is 14.2 Å². The normalized spacial score (nSPS) is 14.7. The zero-order valence-corrected chi connectivity index (χ0v) is 15.5. The number of amides is 2. The van der Waals surface area contributed by atoms with Gasteiger partial charge in [-0.1, -0.05) is 18.2 Å². The first-order valence-corrected chi connectivity index (χ1v) is 8.65. The van der Waals surface area contributed by atoms with Crippen LogP contribution >= 0.6 is 0 Å². The Bertz CT molecular complexity index is 911. The number of nitrogens with one attached hydrogen (secondary N) is 2. The highest BCUT2D eigenvalue weighted by Crippen LogP contribution is 2.30. The van der Waals surface area contributed by atoms with Gasteiger partial charge in [0.15, 0.2) is 18.1 Å². The molecular formula is C20H20N2O6. The third-order valence-corrected chi connectivity index (χ3v) is 4.20. The number of para-hydroxylation sites is 2. The third-order valence-electron chi connectivity index (χ3n) is 4.20. The van der Waals surface area contributed by atoms with E-state index in [1.807, 2.05) is 13.8 Å². The van der Waals surface area contributed by atoms with Gasteiger partial charge in [-0.2, -0.15) is 0 Å². The summed E-state index contributed by atoms with van der Waals surface area (Å²) in [5.74, 6) is -0.882. The van der Waals surface area contributed by atoms with Crippen LogP contribution in [0, 0.1) is 13.8 Å². The number of fused-ring (bicyclic) bond motifs is 1. The van der Waals surface area contributed by atoms with E-state index in [1.54, 1.807) is 42.5 Å². The Morgan fingerprint density at radius 2 is 1.79 bits per heavy atom. The largest absolute Gasteiger partial charge is 0.485 e. The molecule has 0 bridgehead atoms. The van der Waals surface area contributed by atoms with Gasteiger partial charge in [0.05, 0.1) is 5.56 Å². The Kier molecular flexibility index (Phi) is 5.78. The first-order valence-electron chi connectivity index (χ1n) is 8.65. The van der Waals surface area contributed by atoms with Crippen LogP contribution in [0.5, 0.6) is 11.5 Å². The van der Waals surface area contributed by atoms with Crippen molar-refractivity contribution in [2.24, 2.45) is 0 Å². The quantitative estimate of drug-likeness (QED) is 0.611. The molecule has 8 heteroatoms. The summed E-state index contributed by atoms with van der Waals surface area (Å²) in [6, 6.07) is 12.1. The van der Waals surface area contributed by atoms with Crippen molar-refractivity contribution in [3.8, 4) is 11.5 Å². The van der Waals surface area contributed by atoms with Gasteiger partial charge >= 0.3 is 5.97 Å². The zero-order valence-electron chi connectivity index (χ0n) is 15.5. The smallest absolute Gasteiger partial charge is 0.338 e. The molecule has 0 spiro atoms. The maximum Gasteiger partial charge on any atom is 0.338 e. The van der Waals surface area contributed by atoms with Crippen LogP contribution in [0.4, 0.5) is 0 Å². The molecule has 0 radical (unpaired) electrons. The molecule has 1 heterocycles. The lowest BCUT2D eigenvalue weighted by Crippen LogP contribution is -2.51. The molecule has 1 aliphatic rings. The number of ether oxygens (including phenoxy) is 3. The zero-order chi connectivity index (χ0) is 20.1. The van der Waals surface area contributed by atoms with Gasteiger partial charge < -0.3 is 14.2 Å². The lowest BCUT2D eigenvalue weighted by Gasteiger charge is -2.25. The van der Waals surface area contributed by atoms with Crippen LogP contribution in [0.3, 0.4) is 0 Å². The molecule has 2 N–H and O–H groups in total. The van der Waals surface area contributed by atoms with E-state index < -0.39 is 30.5 Å². The molecule has 2 aromatic rings. The van der Waals surface area contributed by atoms with Crippen molar-refractivity contribution in [3.05, 3.63) is 59.2 Å². The van der Waals surface area contributed by atoms with Crippen LogP contribution in [-0.2, 0) is 14.3 Å². The minimum Gasteiger partial charge on any atom is -0.485 e. The number of rotatable bonds is 4. The first-order chi connectivity index (χ1) is 13.4. The second kappa shape index (κ2) is 8.43. The summed E-state index contributed by atoms with van der Waals surface area (Å²) in [5, 5.41) is 0. The van der Waals surface area contributed by atoms with Gasteiger partial charge in [-0.05, 0) is 49.2 Å². The molecule has 146 valence electrons. The molecule has 2 amide bonds. The average molecular weight is 384 g/mol. The number of hydrazine groups is 1. The van der Waals surface area contributed by atoms with Crippen molar-refractivity contribution >= 4 is 17.8 Å². The average Bonchev–Trinajstić information content (AvgIpc) is 2.71. The van der Waals surface area contributed by atoms with Gasteiger partial charge in [-0.25, -0.2) is 4.79 Å². The molecule has 8 nitrogen and oxygen atoms in total. The second-order valence-electron chi connectivity index (χ2n) is 6.28. The van der Waals surface area contributed by atoms with Crippen LogP contribution in [-0.4, -0.2) is 37.1 Å². The Balaban J connectivity index is 1.43. The Hall–Kier alpha value is -3.55. The van der Waals surface area contributed by atoms with E-state index in [0.717, 1.165) is 11.1 Å². The highest BCUT2D eigenvalue weighted by Gasteiger charge is 2.27. The molecule has 28 heavy (non-hydrogen) atoms. The molecule has 3 rings (SSSR count).